The Balaban J connectivity index is 2.56. The van der Waals surface area contributed by atoms with Gasteiger partial charge in [0.2, 0.25) is 5.91 Å². The maximum Gasteiger partial charge on any atom is 0.240 e. The number of carbonyl (C=O) groups is 1. The molecule has 88 valence electrons. The van der Waals surface area contributed by atoms with E-state index < -0.39 is 0 Å². The molecular weight excluding hydrogens is 188 g/mol. The minimum atomic E-state index is 0.0474. The van der Waals surface area contributed by atoms with Crippen LogP contribution in [0, 0.1) is 5.92 Å². The maximum absolute atomic E-state index is 12.1. The predicted octanol–water partition coefficient (Wildman–Crippen LogP) is 1.63. The largest absolute Gasteiger partial charge is 0.338 e. The number of rotatable bonds is 4. The highest BCUT2D eigenvalue weighted by atomic mass is 16.2. The first-order valence-corrected chi connectivity index (χ1v) is 6.00. The molecule has 0 saturated carbocycles. The molecule has 0 aromatic rings. The minimum Gasteiger partial charge on any atom is -0.338 e. The van der Waals surface area contributed by atoms with E-state index >= 15 is 0 Å². The molecule has 2 atom stereocenters. The summed E-state index contributed by atoms with van der Waals surface area (Å²) in [5, 5.41) is 3.32. The molecule has 1 amide bonds. The van der Waals surface area contributed by atoms with Gasteiger partial charge in [-0.1, -0.05) is 27.7 Å². The quantitative estimate of drug-likeness (QED) is 0.768. The van der Waals surface area contributed by atoms with Crippen LogP contribution in [0.3, 0.4) is 0 Å². The van der Waals surface area contributed by atoms with Crippen LogP contribution in [0.25, 0.3) is 0 Å². The fraction of sp³-hybridized carbons (Fsp3) is 0.917. The van der Waals surface area contributed by atoms with E-state index in [0.29, 0.717) is 18.0 Å². The highest BCUT2D eigenvalue weighted by Gasteiger charge is 2.34. The van der Waals surface area contributed by atoms with Crippen LogP contribution in [-0.4, -0.2) is 35.5 Å². The number of amides is 1. The van der Waals surface area contributed by atoms with Gasteiger partial charge in [-0.05, 0) is 19.3 Å². The molecule has 1 aliphatic heterocycles. The highest BCUT2D eigenvalue weighted by molar-refractivity contribution is 5.84. The van der Waals surface area contributed by atoms with Crippen molar-refractivity contribution in [1.82, 2.24) is 10.2 Å². The summed E-state index contributed by atoms with van der Waals surface area (Å²) in [6, 6.07) is 0.788. The molecule has 0 radical (unpaired) electrons. The number of carbonyl (C=O) groups excluding carboxylic acids is 1. The van der Waals surface area contributed by atoms with Crippen LogP contribution < -0.4 is 5.32 Å². The van der Waals surface area contributed by atoms with Crippen LogP contribution in [0.1, 0.15) is 41.0 Å². The minimum absolute atomic E-state index is 0.0474. The van der Waals surface area contributed by atoms with Crippen molar-refractivity contribution in [2.75, 3.05) is 6.54 Å². The Bertz CT molecular complexity index is 226. The van der Waals surface area contributed by atoms with Crippen LogP contribution in [-0.2, 0) is 4.79 Å². The summed E-state index contributed by atoms with van der Waals surface area (Å²) in [6.07, 6.45) is 0.952. The summed E-state index contributed by atoms with van der Waals surface area (Å²) in [4.78, 5) is 14.1. The first-order chi connectivity index (χ1) is 6.93. The molecule has 3 nitrogen and oxygen atoms in total. The predicted molar refractivity (Wildman–Crippen MR) is 62.7 cm³/mol. The van der Waals surface area contributed by atoms with E-state index in [9.17, 15) is 4.79 Å². The van der Waals surface area contributed by atoms with E-state index in [-0.39, 0.29) is 11.9 Å². The monoisotopic (exact) mass is 212 g/mol. The second-order valence-electron chi connectivity index (χ2n) is 5.18. The van der Waals surface area contributed by atoms with Gasteiger partial charge in [-0.25, -0.2) is 0 Å². The van der Waals surface area contributed by atoms with Crippen molar-refractivity contribution in [3.63, 3.8) is 0 Å². The molecule has 1 fully saturated rings. The van der Waals surface area contributed by atoms with Gasteiger partial charge in [0.15, 0.2) is 0 Å². The number of hydrogen-bond donors (Lipinski definition) is 1. The van der Waals surface area contributed by atoms with Crippen molar-refractivity contribution >= 4 is 5.91 Å². The van der Waals surface area contributed by atoms with Gasteiger partial charge in [0.05, 0.1) is 6.04 Å². The third-order valence-corrected chi connectivity index (χ3v) is 3.23. The van der Waals surface area contributed by atoms with E-state index in [1.54, 1.807) is 0 Å². The topological polar surface area (TPSA) is 32.3 Å². The van der Waals surface area contributed by atoms with Gasteiger partial charge in [0.1, 0.15) is 0 Å². The average molecular weight is 212 g/mol. The molecule has 0 spiro atoms. The van der Waals surface area contributed by atoms with E-state index in [2.05, 4.69) is 39.9 Å². The summed E-state index contributed by atoms with van der Waals surface area (Å²) >= 11 is 0. The summed E-state index contributed by atoms with van der Waals surface area (Å²) in [5.41, 5.74) is 0. The third kappa shape index (κ3) is 2.94. The van der Waals surface area contributed by atoms with Crippen LogP contribution in [0.2, 0.25) is 0 Å². The zero-order chi connectivity index (χ0) is 11.6. The second-order valence-corrected chi connectivity index (χ2v) is 5.18. The first kappa shape index (κ1) is 12.5. The zero-order valence-electron chi connectivity index (χ0n) is 10.6. The van der Waals surface area contributed by atoms with E-state index in [1.165, 1.54) is 0 Å². The fourth-order valence-electron chi connectivity index (χ4n) is 2.02. The molecule has 15 heavy (non-hydrogen) atoms. The Morgan fingerprint density at radius 1 is 1.27 bits per heavy atom. The van der Waals surface area contributed by atoms with Crippen LogP contribution in [0.5, 0.6) is 0 Å². The second kappa shape index (κ2) is 4.97. The number of hydrogen-bond acceptors (Lipinski definition) is 2. The Morgan fingerprint density at radius 3 is 2.33 bits per heavy atom. The Hall–Kier alpha value is -0.570. The number of likely N-dealkylation sites (tertiary alicyclic amines) is 1. The highest BCUT2D eigenvalue weighted by Crippen LogP contribution is 2.19. The normalized spacial score (nSPS) is 24.3. The Kier molecular flexibility index (Phi) is 4.14. The van der Waals surface area contributed by atoms with Gasteiger partial charge in [-0.15, -0.1) is 0 Å². The summed E-state index contributed by atoms with van der Waals surface area (Å²) in [7, 11) is 0. The Labute approximate surface area is 93.2 Å². The molecule has 0 bridgehead atoms. The van der Waals surface area contributed by atoms with Gasteiger partial charge in [0, 0.05) is 18.6 Å². The number of nitrogens with one attached hydrogen (secondary N) is 1. The van der Waals surface area contributed by atoms with Gasteiger partial charge in [0.25, 0.3) is 0 Å². The third-order valence-electron chi connectivity index (χ3n) is 3.23. The molecule has 1 heterocycles. The number of nitrogens with zero attached hydrogens (tertiary/aromatic N) is 1. The zero-order valence-corrected chi connectivity index (χ0v) is 10.6. The van der Waals surface area contributed by atoms with Crippen molar-refractivity contribution in [2.24, 2.45) is 5.92 Å². The van der Waals surface area contributed by atoms with Crippen molar-refractivity contribution in [3.05, 3.63) is 0 Å². The lowest BCUT2D eigenvalue weighted by Crippen LogP contribution is -2.45. The maximum atomic E-state index is 12.1. The van der Waals surface area contributed by atoms with Crippen LogP contribution in [0.15, 0.2) is 0 Å². The van der Waals surface area contributed by atoms with Crippen LogP contribution >= 0.6 is 0 Å². The molecular formula is C12H24N2O. The lowest BCUT2D eigenvalue weighted by molar-refractivity contribution is -0.131. The molecule has 2 unspecified atom stereocenters. The standard InChI is InChI=1S/C12H24N2O/c1-8(2)10(5)14-7-6-11(12(14)15)13-9(3)4/h8-11,13H,6-7H2,1-5H3. The Morgan fingerprint density at radius 2 is 1.87 bits per heavy atom. The van der Waals surface area contributed by atoms with Crippen molar-refractivity contribution in [1.29, 1.82) is 0 Å². The summed E-state index contributed by atoms with van der Waals surface area (Å²) in [5.74, 6) is 0.816. The van der Waals surface area contributed by atoms with Crippen LogP contribution in [0.4, 0.5) is 0 Å². The van der Waals surface area contributed by atoms with Gasteiger partial charge in [-0.2, -0.15) is 0 Å². The summed E-state index contributed by atoms with van der Waals surface area (Å²) in [6.45, 7) is 11.6. The average Bonchev–Trinajstić information content (AvgIpc) is 2.46. The molecule has 1 saturated heterocycles. The molecule has 0 aliphatic carbocycles. The first-order valence-electron chi connectivity index (χ1n) is 6.00. The smallest absolute Gasteiger partial charge is 0.240 e. The fourth-order valence-corrected chi connectivity index (χ4v) is 2.02. The molecule has 1 rings (SSSR count). The SMILES string of the molecule is CC(C)NC1CCN(C(C)C(C)C)C1=O. The van der Waals surface area contributed by atoms with Crippen molar-refractivity contribution < 1.29 is 4.79 Å². The summed E-state index contributed by atoms with van der Waals surface area (Å²) < 4.78 is 0. The van der Waals surface area contributed by atoms with Gasteiger partial charge >= 0.3 is 0 Å². The molecule has 0 aromatic heterocycles. The molecule has 3 heteroatoms. The van der Waals surface area contributed by atoms with E-state index in [4.69, 9.17) is 0 Å². The van der Waals surface area contributed by atoms with Gasteiger partial charge < -0.3 is 10.2 Å². The van der Waals surface area contributed by atoms with E-state index in [0.717, 1.165) is 13.0 Å². The van der Waals surface area contributed by atoms with Crippen molar-refractivity contribution in [3.8, 4) is 0 Å². The molecule has 0 aromatic carbocycles. The van der Waals surface area contributed by atoms with E-state index in [1.807, 2.05) is 4.90 Å². The van der Waals surface area contributed by atoms with Gasteiger partial charge in [-0.3, -0.25) is 4.79 Å². The lowest BCUT2D eigenvalue weighted by atomic mass is 10.1. The lowest BCUT2D eigenvalue weighted by Gasteiger charge is -2.28. The molecule has 1 N–H and O–H groups in total. The molecule has 1 aliphatic rings. The van der Waals surface area contributed by atoms with Crippen molar-refractivity contribution in [2.45, 2.75) is 59.2 Å².